The van der Waals surface area contributed by atoms with Crippen LogP contribution in [0.2, 0.25) is 0 Å². The minimum Gasteiger partial charge on any atom is -0.373 e. The number of anilines is 1. The Bertz CT molecular complexity index is 379. The predicted molar refractivity (Wildman–Crippen MR) is 75.6 cm³/mol. The van der Waals surface area contributed by atoms with E-state index in [0.717, 1.165) is 18.9 Å². The number of nitrogens with one attached hydrogen (secondary N) is 1. The van der Waals surface area contributed by atoms with Crippen molar-refractivity contribution >= 4 is 17.6 Å². The molecule has 1 saturated heterocycles. The van der Waals surface area contributed by atoms with Crippen LogP contribution in [0.5, 0.6) is 0 Å². The van der Waals surface area contributed by atoms with Gasteiger partial charge in [-0.1, -0.05) is 6.07 Å². The summed E-state index contributed by atoms with van der Waals surface area (Å²) < 4.78 is 0.375. The van der Waals surface area contributed by atoms with E-state index in [1.165, 1.54) is 17.9 Å². The van der Waals surface area contributed by atoms with Crippen molar-refractivity contribution < 1.29 is 0 Å². The van der Waals surface area contributed by atoms with E-state index in [-0.39, 0.29) is 0 Å². The normalized spacial score (nSPS) is 20.2. The lowest BCUT2D eigenvalue weighted by molar-refractivity contribution is 0.253. The lowest BCUT2D eigenvalue weighted by atomic mass is 10.1. The monoisotopic (exact) mass is 251 g/mol. The summed E-state index contributed by atoms with van der Waals surface area (Å²) in [6, 6.07) is 4.17. The number of aromatic nitrogens is 1. The van der Waals surface area contributed by atoms with Crippen LogP contribution < -0.4 is 5.32 Å². The smallest absolute Gasteiger partial charge is 0.130 e. The van der Waals surface area contributed by atoms with E-state index in [9.17, 15) is 0 Å². The molecular weight excluding hydrogens is 230 g/mol. The summed E-state index contributed by atoms with van der Waals surface area (Å²) in [5, 5.41) is 3.16. The molecule has 1 aliphatic heterocycles. The van der Waals surface area contributed by atoms with Crippen LogP contribution in [0, 0.1) is 0 Å². The lowest BCUT2D eigenvalue weighted by Gasteiger charge is -2.37. The molecule has 3 nitrogen and oxygen atoms in total. The van der Waals surface area contributed by atoms with Gasteiger partial charge in [-0.2, -0.15) is 11.8 Å². The van der Waals surface area contributed by atoms with Crippen LogP contribution in [0.4, 0.5) is 5.82 Å². The predicted octanol–water partition coefficient (Wildman–Crippen LogP) is 2.45. The van der Waals surface area contributed by atoms with Crippen molar-refractivity contribution in [1.82, 2.24) is 9.88 Å². The van der Waals surface area contributed by atoms with E-state index >= 15 is 0 Å². The van der Waals surface area contributed by atoms with Crippen molar-refractivity contribution in [3.05, 3.63) is 23.9 Å². The van der Waals surface area contributed by atoms with E-state index in [1.807, 2.05) is 19.3 Å². The molecule has 1 aromatic heterocycles. The van der Waals surface area contributed by atoms with Crippen molar-refractivity contribution in [3.63, 3.8) is 0 Å². The van der Waals surface area contributed by atoms with Crippen molar-refractivity contribution in [2.24, 2.45) is 0 Å². The fourth-order valence-electron chi connectivity index (χ4n) is 2.28. The molecule has 94 valence electrons. The summed E-state index contributed by atoms with van der Waals surface area (Å²) >= 11 is 2.07. The minimum absolute atomic E-state index is 0.375. The third-order valence-electron chi connectivity index (χ3n) is 3.03. The highest BCUT2D eigenvalue weighted by Crippen LogP contribution is 2.30. The first-order valence-corrected chi connectivity index (χ1v) is 7.07. The van der Waals surface area contributed by atoms with Crippen molar-refractivity contribution in [2.45, 2.75) is 25.1 Å². The average molecular weight is 251 g/mol. The topological polar surface area (TPSA) is 28.2 Å². The first-order chi connectivity index (χ1) is 8.11. The van der Waals surface area contributed by atoms with Crippen LogP contribution in [-0.4, -0.2) is 40.5 Å². The summed E-state index contributed by atoms with van der Waals surface area (Å²) in [5.74, 6) is 2.23. The van der Waals surface area contributed by atoms with Gasteiger partial charge in [0.2, 0.25) is 0 Å². The molecule has 1 aromatic rings. The second-order valence-corrected chi connectivity index (χ2v) is 6.88. The maximum absolute atomic E-state index is 4.36. The van der Waals surface area contributed by atoms with Crippen LogP contribution in [0.3, 0.4) is 0 Å². The maximum Gasteiger partial charge on any atom is 0.130 e. The SMILES string of the molecule is CNc1ncccc1CN1CCSC(C)(C)C1. The number of pyridine rings is 1. The molecule has 0 bridgehead atoms. The van der Waals surface area contributed by atoms with E-state index in [1.54, 1.807) is 0 Å². The fraction of sp³-hybridized carbons (Fsp3) is 0.615. The lowest BCUT2D eigenvalue weighted by Crippen LogP contribution is -2.42. The molecule has 0 amide bonds. The van der Waals surface area contributed by atoms with Gasteiger partial charge in [-0.05, 0) is 19.9 Å². The summed E-state index contributed by atoms with van der Waals surface area (Å²) in [6.45, 7) is 7.97. The van der Waals surface area contributed by atoms with Gasteiger partial charge in [-0.15, -0.1) is 0 Å². The van der Waals surface area contributed by atoms with Gasteiger partial charge in [0, 0.05) is 48.9 Å². The van der Waals surface area contributed by atoms with E-state index in [0.29, 0.717) is 4.75 Å². The fourth-order valence-corrected chi connectivity index (χ4v) is 3.46. The van der Waals surface area contributed by atoms with Gasteiger partial charge in [-0.25, -0.2) is 4.98 Å². The Morgan fingerprint density at radius 3 is 3.06 bits per heavy atom. The molecule has 2 rings (SSSR count). The van der Waals surface area contributed by atoms with E-state index < -0.39 is 0 Å². The quantitative estimate of drug-likeness (QED) is 0.893. The molecule has 4 heteroatoms. The summed E-state index contributed by atoms with van der Waals surface area (Å²) in [7, 11) is 1.93. The van der Waals surface area contributed by atoms with Gasteiger partial charge < -0.3 is 5.32 Å². The zero-order valence-electron chi connectivity index (χ0n) is 10.9. The van der Waals surface area contributed by atoms with Crippen LogP contribution >= 0.6 is 11.8 Å². The van der Waals surface area contributed by atoms with Crippen molar-refractivity contribution in [3.8, 4) is 0 Å². The molecule has 1 N–H and O–H groups in total. The standard InChI is InChI=1S/C13H21N3S/c1-13(2)10-16(7-8-17-13)9-11-5-4-6-15-12(11)14-3/h4-6H,7-10H2,1-3H3,(H,14,15). The highest BCUT2D eigenvalue weighted by Gasteiger charge is 2.27. The summed E-state index contributed by atoms with van der Waals surface area (Å²) in [4.78, 5) is 6.88. The van der Waals surface area contributed by atoms with E-state index in [2.05, 4.69) is 46.9 Å². The van der Waals surface area contributed by atoms with Gasteiger partial charge in [0.15, 0.2) is 0 Å². The van der Waals surface area contributed by atoms with E-state index in [4.69, 9.17) is 0 Å². The molecule has 0 atom stereocenters. The molecule has 1 aliphatic rings. The van der Waals surface area contributed by atoms with Crippen LogP contribution in [-0.2, 0) is 6.54 Å². The number of hydrogen-bond acceptors (Lipinski definition) is 4. The summed E-state index contributed by atoms with van der Waals surface area (Å²) in [6.07, 6.45) is 1.84. The Morgan fingerprint density at radius 2 is 2.35 bits per heavy atom. The molecule has 0 saturated carbocycles. The van der Waals surface area contributed by atoms with Gasteiger partial charge >= 0.3 is 0 Å². The van der Waals surface area contributed by atoms with Crippen LogP contribution in [0.15, 0.2) is 18.3 Å². The Hall–Kier alpha value is -0.740. The largest absolute Gasteiger partial charge is 0.373 e. The number of rotatable bonds is 3. The van der Waals surface area contributed by atoms with Crippen LogP contribution in [0.25, 0.3) is 0 Å². The van der Waals surface area contributed by atoms with Crippen molar-refractivity contribution in [2.75, 3.05) is 31.2 Å². The first-order valence-electron chi connectivity index (χ1n) is 6.09. The first kappa shape index (κ1) is 12.7. The zero-order valence-corrected chi connectivity index (χ0v) is 11.7. The molecule has 0 radical (unpaired) electrons. The average Bonchev–Trinajstić information content (AvgIpc) is 2.28. The molecule has 0 unspecified atom stereocenters. The Labute approximate surface area is 108 Å². The Morgan fingerprint density at radius 1 is 1.53 bits per heavy atom. The number of hydrogen-bond donors (Lipinski definition) is 1. The highest BCUT2D eigenvalue weighted by atomic mass is 32.2. The molecular formula is C13H21N3S. The second-order valence-electron chi connectivity index (χ2n) is 5.08. The molecule has 17 heavy (non-hydrogen) atoms. The number of thioether (sulfide) groups is 1. The molecule has 1 fully saturated rings. The van der Waals surface area contributed by atoms with Gasteiger partial charge in [-0.3, -0.25) is 4.90 Å². The van der Waals surface area contributed by atoms with Crippen molar-refractivity contribution in [1.29, 1.82) is 0 Å². The van der Waals surface area contributed by atoms with Gasteiger partial charge in [0.25, 0.3) is 0 Å². The maximum atomic E-state index is 4.36. The molecule has 0 aliphatic carbocycles. The Kier molecular flexibility index (Phi) is 3.94. The number of nitrogens with zero attached hydrogens (tertiary/aromatic N) is 2. The third kappa shape index (κ3) is 3.36. The second kappa shape index (κ2) is 5.27. The Balaban J connectivity index is 2.05. The third-order valence-corrected chi connectivity index (χ3v) is 4.32. The van der Waals surface area contributed by atoms with Gasteiger partial charge in [0.1, 0.15) is 5.82 Å². The zero-order chi connectivity index (χ0) is 12.3. The minimum atomic E-state index is 0.375. The molecule has 0 aromatic carbocycles. The highest BCUT2D eigenvalue weighted by molar-refractivity contribution is 8.00. The van der Waals surface area contributed by atoms with Gasteiger partial charge in [0.05, 0.1) is 0 Å². The summed E-state index contributed by atoms with van der Waals surface area (Å²) in [5.41, 5.74) is 1.29. The molecule has 0 spiro atoms. The molecule has 2 heterocycles. The van der Waals surface area contributed by atoms with Crippen LogP contribution in [0.1, 0.15) is 19.4 Å².